The van der Waals surface area contributed by atoms with Crippen LogP contribution in [0.25, 0.3) is 0 Å². The molecule has 0 aliphatic carbocycles. The zero-order valence-electron chi connectivity index (χ0n) is 14.1. The van der Waals surface area contributed by atoms with E-state index in [4.69, 9.17) is 10.2 Å². The first-order valence-corrected chi connectivity index (χ1v) is 8.92. The van der Waals surface area contributed by atoms with Crippen molar-refractivity contribution in [2.24, 2.45) is 5.73 Å². The van der Waals surface area contributed by atoms with Crippen LogP contribution in [0.1, 0.15) is 36.9 Å². The van der Waals surface area contributed by atoms with E-state index in [9.17, 15) is 17.6 Å². The van der Waals surface area contributed by atoms with Crippen LogP contribution in [-0.2, 0) is 16.6 Å². The van der Waals surface area contributed by atoms with Gasteiger partial charge in [-0.05, 0) is 45.0 Å². The summed E-state index contributed by atoms with van der Waals surface area (Å²) in [5.74, 6) is -1.01. The number of anilines is 1. The van der Waals surface area contributed by atoms with E-state index in [2.05, 4.69) is 10.0 Å². The van der Waals surface area contributed by atoms with Crippen molar-refractivity contribution in [2.45, 2.75) is 37.8 Å². The van der Waals surface area contributed by atoms with Crippen molar-refractivity contribution >= 4 is 21.6 Å². The van der Waals surface area contributed by atoms with Gasteiger partial charge in [0.2, 0.25) is 10.0 Å². The van der Waals surface area contributed by atoms with Gasteiger partial charge in [0.15, 0.2) is 0 Å². The molecule has 0 unspecified atom stereocenters. The molecule has 2 aromatic rings. The average molecular weight is 369 g/mol. The van der Waals surface area contributed by atoms with Gasteiger partial charge in [-0.15, -0.1) is 0 Å². The smallest absolute Gasteiger partial charge is 0.258 e. The molecule has 4 N–H and O–H groups in total. The Labute approximate surface area is 145 Å². The molecule has 0 aliphatic heterocycles. The number of benzene rings is 1. The third kappa shape index (κ3) is 4.88. The van der Waals surface area contributed by atoms with Crippen molar-refractivity contribution < 1.29 is 22.0 Å². The monoisotopic (exact) mass is 369 g/mol. The van der Waals surface area contributed by atoms with Crippen molar-refractivity contribution in [3.63, 3.8) is 0 Å². The van der Waals surface area contributed by atoms with Gasteiger partial charge in [-0.25, -0.2) is 17.5 Å². The molecule has 1 aromatic carbocycles. The third-order valence-electron chi connectivity index (χ3n) is 3.04. The average Bonchev–Trinajstić information content (AvgIpc) is 2.95. The highest BCUT2D eigenvalue weighted by Crippen LogP contribution is 2.22. The number of hydrogen-bond acceptors (Lipinski definition) is 5. The van der Waals surface area contributed by atoms with Gasteiger partial charge in [-0.2, -0.15) is 0 Å². The fourth-order valence-corrected chi connectivity index (χ4v) is 3.58. The summed E-state index contributed by atoms with van der Waals surface area (Å²) in [5.41, 5.74) is 4.99. The minimum absolute atomic E-state index is 0.135. The summed E-state index contributed by atoms with van der Waals surface area (Å²) in [6, 6.07) is 4.78. The number of nitrogens with one attached hydrogen (secondary N) is 2. The molecule has 7 nitrogen and oxygen atoms in total. The van der Waals surface area contributed by atoms with Crippen molar-refractivity contribution in [2.75, 3.05) is 5.32 Å². The fraction of sp³-hybridized carbons (Fsp3) is 0.312. The quantitative estimate of drug-likeness (QED) is 0.747. The summed E-state index contributed by atoms with van der Waals surface area (Å²) in [4.78, 5) is 11.6. The fourth-order valence-electron chi connectivity index (χ4n) is 2.06. The Kier molecular flexibility index (Phi) is 5.31. The highest BCUT2D eigenvalue weighted by Gasteiger charge is 2.25. The Balaban J connectivity index is 2.28. The van der Waals surface area contributed by atoms with Gasteiger partial charge in [0.25, 0.3) is 5.91 Å². The molecule has 1 heterocycles. The maximum absolute atomic E-state index is 14.0. The molecule has 2 rings (SSSR count). The lowest BCUT2D eigenvalue weighted by atomic mass is 10.1. The van der Waals surface area contributed by atoms with Crippen LogP contribution in [-0.4, -0.2) is 19.9 Å². The van der Waals surface area contributed by atoms with E-state index >= 15 is 0 Å². The molecule has 0 bridgehead atoms. The largest absolute Gasteiger partial charge is 0.467 e. The van der Waals surface area contributed by atoms with Crippen LogP contribution in [0.15, 0.2) is 39.8 Å². The van der Waals surface area contributed by atoms with Crippen LogP contribution in [0, 0.1) is 5.82 Å². The van der Waals surface area contributed by atoms with Crippen LogP contribution in [0.2, 0.25) is 0 Å². The van der Waals surface area contributed by atoms with Crippen LogP contribution >= 0.6 is 0 Å². The normalized spacial score (nSPS) is 12.2. The van der Waals surface area contributed by atoms with Crippen LogP contribution in [0.5, 0.6) is 0 Å². The van der Waals surface area contributed by atoms with E-state index in [0.29, 0.717) is 5.76 Å². The van der Waals surface area contributed by atoms with Crippen molar-refractivity contribution in [1.29, 1.82) is 0 Å². The Morgan fingerprint density at radius 2 is 1.96 bits per heavy atom. The summed E-state index contributed by atoms with van der Waals surface area (Å²) in [7, 11) is -4.08. The minimum Gasteiger partial charge on any atom is -0.467 e. The molecule has 9 heteroatoms. The van der Waals surface area contributed by atoms with E-state index in [1.165, 1.54) is 18.4 Å². The van der Waals surface area contributed by atoms with Gasteiger partial charge in [0.05, 0.1) is 12.1 Å². The van der Waals surface area contributed by atoms with Crippen LogP contribution < -0.4 is 15.8 Å². The molecule has 0 saturated carbocycles. The molecule has 25 heavy (non-hydrogen) atoms. The van der Waals surface area contributed by atoms with Gasteiger partial charge in [0, 0.05) is 11.2 Å². The van der Waals surface area contributed by atoms with Gasteiger partial charge >= 0.3 is 0 Å². The van der Waals surface area contributed by atoms with Gasteiger partial charge in [-0.1, -0.05) is 0 Å². The second-order valence-electron chi connectivity index (χ2n) is 6.46. The topological polar surface area (TPSA) is 114 Å². The number of rotatable bonds is 5. The lowest BCUT2D eigenvalue weighted by Crippen LogP contribution is -2.40. The maximum atomic E-state index is 14.0. The van der Waals surface area contributed by atoms with E-state index in [-0.39, 0.29) is 17.8 Å². The molecule has 0 saturated heterocycles. The molecule has 0 atom stereocenters. The third-order valence-corrected chi connectivity index (χ3v) is 4.81. The predicted octanol–water partition coefficient (Wildman–Crippen LogP) is 2.21. The predicted molar refractivity (Wildman–Crippen MR) is 91.0 cm³/mol. The molecule has 1 amide bonds. The summed E-state index contributed by atoms with van der Waals surface area (Å²) in [5, 5.41) is 2.50. The molecule has 0 radical (unpaired) electrons. The standard InChI is InChI=1S/C16H20FN3O4S/c1-16(2,3)20-25(22,23)14-7-11(4-5-13(14)17)19-15(21)10-6-12(8-18)24-9-10/h4-7,9,20H,8,18H2,1-3H3,(H,19,21). The van der Waals surface area contributed by atoms with E-state index in [1.54, 1.807) is 20.8 Å². The van der Waals surface area contributed by atoms with Crippen molar-refractivity contribution in [3.8, 4) is 0 Å². The number of halogens is 1. The first-order valence-electron chi connectivity index (χ1n) is 7.44. The molecule has 0 spiro atoms. The number of amides is 1. The van der Waals surface area contributed by atoms with Crippen molar-refractivity contribution in [1.82, 2.24) is 4.72 Å². The first kappa shape index (κ1) is 19.1. The molecule has 1 aromatic heterocycles. The molecular formula is C16H20FN3O4S. The number of carbonyl (C=O) groups is 1. The van der Waals surface area contributed by atoms with Gasteiger partial charge < -0.3 is 15.5 Å². The van der Waals surface area contributed by atoms with Crippen LogP contribution in [0.3, 0.4) is 0 Å². The Morgan fingerprint density at radius 1 is 1.28 bits per heavy atom. The summed E-state index contributed by atoms with van der Waals surface area (Å²) in [6.45, 7) is 5.07. The number of carbonyl (C=O) groups excluding carboxylic acids is 1. The van der Waals surface area contributed by atoms with E-state index < -0.39 is 32.2 Å². The lowest BCUT2D eigenvalue weighted by molar-refractivity contribution is 0.102. The molecule has 0 fully saturated rings. The zero-order valence-corrected chi connectivity index (χ0v) is 14.9. The zero-order chi connectivity index (χ0) is 18.8. The maximum Gasteiger partial charge on any atom is 0.258 e. The number of furan rings is 1. The Morgan fingerprint density at radius 3 is 2.52 bits per heavy atom. The molecular weight excluding hydrogens is 349 g/mol. The highest BCUT2D eigenvalue weighted by atomic mass is 32.2. The minimum atomic E-state index is -4.08. The number of sulfonamides is 1. The summed E-state index contributed by atoms with van der Waals surface area (Å²) >= 11 is 0. The van der Waals surface area contributed by atoms with E-state index in [0.717, 1.165) is 12.1 Å². The molecule has 136 valence electrons. The molecule has 0 aliphatic rings. The Bertz CT molecular complexity index is 885. The number of nitrogens with two attached hydrogens (primary N) is 1. The van der Waals surface area contributed by atoms with E-state index in [1.807, 2.05) is 0 Å². The SMILES string of the molecule is CC(C)(C)NS(=O)(=O)c1cc(NC(=O)c2coc(CN)c2)ccc1F. The van der Waals surface area contributed by atoms with Crippen molar-refractivity contribution in [3.05, 3.63) is 47.7 Å². The highest BCUT2D eigenvalue weighted by molar-refractivity contribution is 7.89. The van der Waals surface area contributed by atoms with Crippen LogP contribution in [0.4, 0.5) is 10.1 Å². The van der Waals surface area contributed by atoms with Gasteiger partial charge in [-0.3, -0.25) is 4.79 Å². The lowest BCUT2D eigenvalue weighted by Gasteiger charge is -2.20. The summed E-state index contributed by atoms with van der Waals surface area (Å²) in [6.07, 6.45) is 1.24. The summed E-state index contributed by atoms with van der Waals surface area (Å²) < 4.78 is 46.1. The van der Waals surface area contributed by atoms with Gasteiger partial charge in [0.1, 0.15) is 22.7 Å². The Hall–Kier alpha value is -2.23. The first-order chi connectivity index (χ1) is 11.5. The number of hydrogen-bond donors (Lipinski definition) is 3. The second-order valence-corrected chi connectivity index (χ2v) is 8.11. The second kappa shape index (κ2) is 6.95.